The number of hydrogen-bond acceptors (Lipinski definition) is 1. The van der Waals surface area contributed by atoms with E-state index in [1.807, 2.05) is 4.90 Å². The number of nitrogens with zero attached hydrogens (tertiary/aromatic N) is 1. The molecule has 0 heterocycles. The van der Waals surface area contributed by atoms with Crippen LogP contribution in [0.2, 0.25) is 0 Å². The van der Waals surface area contributed by atoms with E-state index in [0.717, 1.165) is 42.8 Å². The van der Waals surface area contributed by atoms with Crippen LogP contribution in [0.1, 0.15) is 85.1 Å². The van der Waals surface area contributed by atoms with Crippen LogP contribution in [0.4, 0.5) is 5.69 Å². The zero-order valence-electron chi connectivity index (χ0n) is 18.1. The smallest absolute Gasteiger partial charge is 0.230 e. The van der Waals surface area contributed by atoms with Gasteiger partial charge in [-0.1, -0.05) is 59.1 Å². The molecule has 2 heteroatoms. The van der Waals surface area contributed by atoms with E-state index in [-0.39, 0.29) is 11.3 Å². The fourth-order valence-corrected chi connectivity index (χ4v) is 5.07. The van der Waals surface area contributed by atoms with E-state index in [9.17, 15) is 4.79 Å². The van der Waals surface area contributed by atoms with Crippen LogP contribution in [0, 0.1) is 23.7 Å². The van der Waals surface area contributed by atoms with Gasteiger partial charge in [0.25, 0.3) is 0 Å². The lowest BCUT2D eigenvalue weighted by Gasteiger charge is -2.40. The van der Waals surface area contributed by atoms with E-state index in [1.54, 1.807) is 0 Å². The van der Waals surface area contributed by atoms with Crippen LogP contribution in [-0.2, 0) is 10.2 Å². The van der Waals surface area contributed by atoms with Gasteiger partial charge in [-0.15, -0.1) is 0 Å². The zero-order valence-corrected chi connectivity index (χ0v) is 18.1. The van der Waals surface area contributed by atoms with Gasteiger partial charge < -0.3 is 4.90 Å². The topological polar surface area (TPSA) is 20.3 Å². The van der Waals surface area contributed by atoms with Gasteiger partial charge in [-0.25, -0.2) is 0 Å². The van der Waals surface area contributed by atoms with E-state index < -0.39 is 0 Å². The molecule has 1 unspecified atom stereocenters. The van der Waals surface area contributed by atoms with Crippen molar-refractivity contribution >= 4 is 11.6 Å². The maximum absolute atomic E-state index is 13.2. The summed E-state index contributed by atoms with van der Waals surface area (Å²) in [6, 6.07) is 8.63. The molecule has 0 spiro atoms. The van der Waals surface area contributed by atoms with E-state index in [4.69, 9.17) is 0 Å². The molecule has 2 saturated carbocycles. The van der Waals surface area contributed by atoms with Crippen LogP contribution in [0.3, 0.4) is 0 Å². The van der Waals surface area contributed by atoms with Gasteiger partial charge in [0.2, 0.25) is 5.91 Å². The number of rotatable bonds is 5. The molecule has 0 aromatic heterocycles. The first-order chi connectivity index (χ1) is 12.8. The minimum atomic E-state index is 0.148. The van der Waals surface area contributed by atoms with Crippen LogP contribution in [-0.4, -0.2) is 12.5 Å². The van der Waals surface area contributed by atoms with Crippen molar-refractivity contribution in [3.8, 4) is 0 Å². The molecule has 2 aliphatic carbocycles. The normalized spacial score (nSPS) is 24.9. The quantitative estimate of drug-likeness (QED) is 0.574. The minimum absolute atomic E-state index is 0.148. The van der Waals surface area contributed by atoms with Gasteiger partial charge in [0.05, 0.1) is 0 Å². The van der Waals surface area contributed by atoms with E-state index in [1.165, 1.54) is 37.7 Å². The fourth-order valence-electron chi connectivity index (χ4n) is 5.07. The first kappa shape index (κ1) is 20.4. The summed E-state index contributed by atoms with van der Waals surface area (Å²) in [6.07, 6.45) is 8.96. The molecule has 0 bridgehead atoms. The molecular weight excluding hydrogens is 330 g/mol. The number of hydrogen-bond donors (Lipinski definition) is 0. The maximum Gasteiger partial charge on any atom is 0.230 e. The maximum atomic E-state index is 13.2. The second-order valence-electron chi connectivity index (χ2n) is 10.0. The van der Waals surface area contributed by atoms with Gasteiger partial charge in [0, 0.05) is 18.2 Å². The number of amides is 1. The van der Waals surface area contributed by atoms with Crippen LogP contribution in [0.5, 0.6) is 0 Å². The summed E-state index contributed by atoms with van der Waals surface area (Å²) in [5, 5.41) is 0. The number of benzene rings is 1. The molecule has 27 heavy (non-hydrogen) atoms. The van der Waals surface area contributed by atoms with E-state index in [0.29, 0.717) is 5.91 Å². The first-order valence-electron chi connectivity index (χ1n) is 11.2. The predicted octanol–water partition coefficient (Wildman–Crippen LogP) is 6.58. The molecule has 2 aliphatic rings. The highest BCUT2D eigenvalue weighted by Gasteiger charge is 2.35. The Kier molecular flexibility index (Phi) is 6.33. The van der Waals surface area contributed by atoms with Crippen LogP contribution < -0.4 is 4.90 Å². The third-order valence-corrected chi connectivity index (χ3v) is 7.39. The van der Waals surface area contributed by atoms with Crippen molar-refractivity contribution in [1.29, 1.82) is 0 Å². The summed E-state index contributed by atoms with van der Waals surface area (Å²) in [5.74, 6) is 3.24. The Morgan fingerprint density at radius 1 is 1.00 bits per heavy atom. The van der Waals surface area contributed by atoms with Crippen LogP contribution in [0.15, 0.2) is 24.3 Å². The molecule has 3 rings (SSSR count). The Bertz CT molecular complexity index is 615. The van der Waals surface area contributed by atoms with Gasteiger partial charge in [-0.2, -0.15) is 0 Å². The molecule has 1 amide bonds. The Hall–Kier alpha value is -1.31. The van der Waals surface area contributed by atoms with Crippen LogP contribution >= 0.6 is 0 Å². The molecule has 1 aromatic carbocycles. The summed E-state index contributed by atoms with van der Waals surface area (Å²) in [5.41, 5.74) is 2.52. The second kappa shape index (κ2) is 8.37. The molecule has 1 atom stereocenters. The molecule has 2 nitrogen and oxygen atoms in total. The summed E-state index contributed by atoms with van der Waals surface area (Å²) in [6.45, 7) is 12.0. The van der Waals surface area contributed by atoms with Gasteiger partial charge >= 0.3 is 0 Å². The van der Waals surface area contributed by atoms with Crippen molar-refractivity contribution in [2.75, 3.05) is 11.4 Å². The van der Waals surface area contributed by atoms with Gasteiger partial charge in [-0.05, 0) is 73.5 Å². The highest BCUT2D eigenvalue weighted by molar-refractivity contribution is 5.95. The molecule has 150 valence electrons. The number of carbonyl (C=O) groups excluding carboxylic acids is 1. The summed E-state index contributed by atoms with van der Waals surface area (Å²) in [4.78, 5) is 15.2. The van der Waals surface area contributed by atoms with Gasteiger partial charge in [0.15, 0.2) is 0 Å². The molecule has 0 radical (unpaired) electrons. The van der Waals surface area contributed by atoms with Crippen molar-refractivity contribution in [2.24, 2.45) is 23.7 Å². The third kappa shape index (κ3) is 4.58. The van der Waals surface area contributed by atoms with Crippen molar-refractivity contribution in [3.05, 3.63) is 29.8 Å². The summed E-state index contributed by atoms with van der Waals surface area (Å²) >= 11 is 0. The Morgan fingerprint density at radius 2 is 1.56 bits per heavy atom. The highest BCUT2D eigenvalue weighted by Crippen LogP contribution is 2.43. The molecule has 2 fully saturated rings. The Morgan fingerprint density at radius 3 is 2.00 bits per heavy atom. The molecule has 0 aliphatic heterocycles. The summed E-state index contributed by atoms with van der Waals surface area (Å²) in [7, 11) is 0. The Balaban J connectivity index is 1.60. The van der Waals surface area contributed by atoms with Crippen LogP contribution in [0.25, 0.3) is 0 Å². The lowest BCUT2D eigenvalue weighted by Crippen LogP contribution is -2.39. The molecule has 0 N–H and O–H groups in total. The van der Waals surface area contributed by atoms with Gasteiger partial charge in [-0.3, -0.25) is 4.79 Å². The minimum Gasteiger partial charge on any atom is -0.312 e. The molecule has 0 saturated heterocycles. The van der Waals surface area contributed by atoms with Crippen molar-refractivity contribution < 1.29 is 4.79 Å². The van der Waals surface area contributed by atoms with Crippen molar-refractivity contribution in [2.45, 2.75) is 85.0 Å². The predicted molar refractivity (Wildman–Crippen MR) is 115 cm³/mol. The number of anilines is 1. The molecular formula is C25H39NO. The zero-order chi connectivity index (χ0) is 19.6. The van der Waals surface area contributed by atoms with E-state index >= 15 is 0 Å². The van der Waals surface area contributed by atoms with Crippen molar-refractivity contribution in [3.63, 3.8) is 0 Å². The Labute approximate surface area is 166 Å². The molecule has 1 aromatic rings. The highest BCUT2D eigenvalue weighted by atomic mass is 16.2. The second-order valence-corrected chi connectivity index (χ2v) is 10.0. The lowest BCUT2D eigenvalue weighted by atomic mass is 9.66. The standard InChI is InChI=1S/C25H39NO/c1-6-26(23-16-14-22(15-17-23)25(3,4)5)24(27)21-12-10-20(11-13-21)18(2)19-8-7-9-19/h14-21H,6-13H2,1-5H3. The third-order valence-electron chi connectivity index (χ3n) is 7.39. The SMILES string of the molecule is CCN(C(=O)C1CCC(C(C)C2CCC2)CC1)c1ccc(C(C)(C)C)cc1. The number of carbonyl (C=O) groups is 1. The monoisotopic (exact) mass is 369 g/mol. The van der Waals surface area contributed by atoms with E-state index in [2.05, 4.69) is 58.9 Å². The lowest BCUT2D eigenvalue weighted by molar-refractivity contribution is -0.123. The average molecular weight is 370 g/mol. The van der Waals surface area contributed by atoms with Crippen molar-refractivity contribution in [1.82, 2.24) is 0 Å². The summed E-state index contributed by atoms with van der Waals surface area (Å²) < 4.78 is 0. The first-order valence-corrected chi connectivity index (χ1v) is 11.2. The largest absolute Gasteiger partial charge is 0.312 e. The van der Waals surface area contributed by atoms with Gasteiger partial charge in [0.1, 0.15) is 0 Å². The fraction of sp³-hybridized carbons (Fsp3) is 0.720. The average Bonchev–Trinajstić information content (AvgIpc) is 2.60.